The number of ether oxygens (including phenoxy) is 2. The minimum absolute atomic E-state index is 0.678. The first-order valence-electron chi connectivity index (χ1n) is 4.86. The molecule has 0 atom stereocenters. The lowest BCUT2D eigenvalue weighted by Crippen LogP contribution is -2.45. The second kappa shape index (κ2) is 4.33. The monoisotopic (exact) mass is 193 g/mol. The summed E-state index contributed by atoms with van der Waals surface area (Å²) in [5.41, 5.74) is 0. The van der Waals surface area contributed by atoms with Gasteiger partial charge in [-0.1, -0.05) is 0 Å². The third kappa shape index (κ3) is 2.17. The van der Waals surface area contributed by atoms with Crippen molar-refractivity contribution >= 4 is 0 Å². The van der Waals surface area contributed by atoms with Crippen LogP contribution in [0.1, 0.15) is 0 Å². The number of benzene rings is 1. The Kier molecular flexibility index (Phi) is 2.89. The lowest BCUT2D eigenvalue weighted by molar-refractivity contribution is 0.199. The van der Waals surface area contributed by atoms with E-state index in [9.17, 15) is 0 Å². The van der Waals surface area contributed by atoms with Gasteiger partial charge in [0.2, 0.25) is 0 Å². The first-order valence-corrected chi connectivity index (χ1v) is 4.86. The van der Waals surface area contributed by atoms with Crippen molar-refractivity contribution < 1.29 is 9.47 Å². The van der Waals surface area contributed by atoms with Crippen molar-refractivity contribution in [3.8, 4) is 11.5 Å². The van der Waals surface area contributed by atoms with Crippen LogP contribution < -0.4 is 14.8 Å². The summed E-state index contributed by atoms with van der Waals surface area (Å²) in [5.74, 6) is 2.46. The second-order valence-electron chi connectivity index (χ2n) is 3.51. The van der Waals surface area contributed by atoms with Gasteiger partial charge >= 0.3 is 0 Å². The molecule has 76 valence electrons. The Morgan fingerprint density at radius 3 is 2.36 bits per heavy atom. The van der Waals surface area contributed by atoms with E-state index in [-0.39, 0.29) is 0 Å². The maximum Gasteiger partial charge on any atom is 0.119 e. The summed E-state index contributed by atoms with van der Waals surface area (Å²) in [7, 11) is 1.66. The molecule has 1 aromatic rings. The zero-order valence-electron chi connectivity index (χ0n) is 8.32. The van der Waals surface area contributed by atoms with Crippen molar-refractivity contribution in [3.63, 3.8) is 0 Å². The lowest BCUT2D eigenvalue weighted by atomic mass is 10.1. The van der Waals surface area contributed by atoms with Gasteiger partial charge in [-0.25, -0.2) is 0 Å². The minimum Gasteiger partial charge on any atom is -0.497 e. The number of nitrogens with one attached hydrogen (secondary N) is 1. The average molecular weight is 193 g/mol. The summed E-state index contributed by atoms with van der Waals surface area (Å²) < 4.78 is 10.7. The fourth-order valence-corrected chi connectivity index (χ4v) is 1.35. The van der Waals surface area contributed by atoms with Gasteiger partial charge in [-0.05, 0) is 24.3 Å². The summed E-state index contributed by atoms with van der Waals surface area (Å²) in [6.45, 7) is 2.96. The summed E-state index contributed by atoms with van der Waals surface area (Å²) >= 11 is 0. The van der Waals surface area contributed by atoms with Crippen LogP contribution in [0.2, 0.25) is 0 Å². The molecule has 3 nitrogen and oxygen atoms in total. The zero-order valence-corrected chi connectivity index (χ0v) is 8.32. The van der Waals surface area contributed by atoms with Gasteiger partial charge < -0.3 is 14.8 Å². The molecule has 0 radical (unpaired) electrons. The molecule has 0 aliphatic carbocycles. The second-order valence-corrected chi connectivity index (χ2v) is 3.51. The molecule has 3 heteroatoms. The van der Waals surface area contributed by atoms with Crippen molar-refractivity contribution in [2.24, 2.45) is 5.92 Å². The molecule has 14 heavy (non-hydrogen) atoms. The van der Waals surface area contributed by atoms with E-state index < -0.39 is 0 Å². The molecule has 1 N–H and O–H groups in total. The first-order chi connectivity index (χ1) is 6.88. The number of methoxy groups -OCH3 is 1. The SMILES string of the molecule is COc1ccc(OCC2CNC2)cc1. The first kappa shape index (κ1) is 9.34. The Labute approximate surface area is 84.0 Å². The van der Waals surface area contributed by atoms with E-state index in [1.54, 1.807) is 7.11 Å². The smallest absolute Gasteiger partial charge is 0.119 e. The third-order valence-electron chi connectivity index (χ3n) is 2.41. The normalized spacial score (nSPS) is 16.1. The summed E-state index contributed by atoms with van der Waals surface area (Å²) in [6.07, 6.45) is 0. The topological polar surface area (TPSA) is 30.5 Å². The Balaban J connectivity index is 1.83. The highest BCUT2D eigenvalue weighted by Gasteiger charge is 2.16. The van der Waals surface area contributed by atoms with E-state index in [4.69, 9.17) is 9.47 Å². The Morgan fingerprint density at radius 2 is 1.86 bits per heavy atom. The van der Waals surface area contributed by atoms with Gasteiger partial charge in [0.1, 0.15) is 11.5 Å². The highest BCUT2D eigenvalue weighted by molar-refractivity contribution is 5.31. The fraction of sp³-hybridized carbons (Fsp3) is 0.455. The summed E-state index contributed by atoms with van der Waals surface area (Å²) in [6, 6.07) is 7.69. The number of hydrogen-bond donors (Lipinski definition) is 1. The van der Waals surface area contributed by atoms with Gasteiger partial charge in [-0.2, -0.15) is 0 Å². The van der Waals surface area contributed by atoms with Crippen molar-refractivity contribution in [1.29, 1.82) is 0 Å². The maximum atomic E-state index is 5.61. The summed E-state index contributed by atoms with van der Waals surface area (Å²) in [5, 5.41) is 3.22. The molecule has 0 amide bonds. The van der Waals surface area contributed by atoms with E-state index in [0.29, 0.717) is 5.92 Å². The van der Waals surface area contributed by atoms with Gasteiger partial charge in [0.05, 0.1) is 13.7 Å². The van der Waals surface area contributed by atoms with Gasteiger partial charge in [0.25, 0.3) is 0 Å². The number of rotatable bonds is 4. The van der Waals surface area contributed by atoms with Gasteiger partial charge in [0, 0.05) is 19.0 Å². The Bertz CT molecular complexity index is 280. The molecular formula is C11H15NO2. The lowest BCUT2D eigenvalue weighted by Gasteiger charge is -2.26. The van der Waals surface area contributed by atoms with E-state index in [0.717, 1.165) is 31.2 Å². The summed E-state index contributed by atoms with van der Waals surface area (Å²) in [4.78, 5) is 0. The van der Waals surface area contributed by atoms with Gasteiger partial charge in [-0.15, -0.1) is 0 Å². The standard InChI is InChI=1S/C11H15NO2/c1-13-10-2-4-11(5-3-10)14-8-9-6-12-7-9/h2-5,9,12H,6-8H2,1H3. The van der Waals surface area contributed by atoms with Crippen molar-refractivity contribution in [2.45, 2.75) is 0 Å². The van der Waals surface area contributed by atoms with Crippen LogP contribution in [-0.2, 0) is 0 Å². The molecule has 0 aromatic heterocycles. The van der Waals surface area contributed by atoms with Crippen LogP contribution in [-0.4, -0.2) is 26.8 Å². The molecule has 1 aliphatic heterocycles. The molecular weight excluding hydrogens is 178 g/mol. The molecule has 0 spiro atoms. The largest absolute Gasteiger partial charge is 0.497 e. The number of hydrogen-bond acceptors (Lipinski definition) is 3. The van der Waals surface area contributed by atoms with Gasteiger partial charge in [-0.3, -0.25) is 0 Å². The predicted molar refractivity (Wildman–Crippen MR) is 54.8 cm³/mol. The highest BCUT2D eigenvalue weighted by Crippen LogP contribution is 2.18. The molecule has 1 fully saturated rings. The molecule has 1 aromatic carbocycles. The molecule has 0 bridgehead atoms. The average Bonchev–Trinajstić information content (AvgIpc) is 2.16. The van der Waals surface area contributed by atoms with Crippen LogP contribution in [0.5, 0.6) is 11.5 Å². The van der Waals surface area contributed by atoms with Crippen LogP contribution >= 0.6 is 0 Å². The fourth-order valence-electron chi connectivity index (χ4n) is 1.35. The van der Waals surface area contributed by atoms with Crippen LogP contribution in [0.25, 0.3) is 0 Å². The molecule has 0 unspecified atom stereocenters. The molecule has 0 saturated carbocycles. The van der Waals surface area contributed by atoms with E-state index in [2.05, 4.69) is 5.32 Å². The third-order valence-corrected chi connectivity index (χ3v) is 2.41. The van der Waals surface area contributed by atoms with Crippen LogP contribution in [0, 0.1) is 5.92 Å². The predicted octanol–water partition coefficient (Wildman–Crippen LogP) is 1.29. The Morgan fingerprint density at radius 1 is 1.21 bits per heavy atom. The molecule has 2 rings (SSSR count). The van der Waals surface area contributed by atoms with Crippen LogP contribution in [0.4, 0.5) is 0 Å². The highest BCUT2D eigenvalue weighted by atomic mass is 16.5. The minimum atomic E-state index is 0.678. The molecule has 1 aliphatic rings. The van der Waals surface area contributed by atoms with E-state index >= 15 is 0 Å². The maximum absolute atomic E-state index is 5.61. The van der Waals surface area contributed by atoms with Crippen molar-refractivity contribution in [2.75, 3.05) is 26.8 Å². The Hall–Kier alpha value is -1.22. The van der Waals surface area contributed by atoms with Gasteiger partial charge in [0.15, 0.2) is 0 Å². The molecule has 1 heterocycles. The molecule has 1 saturated heterocycles. The van der Waals surface area contributed by atoms with E-state index in [1.165, 1.54) is 0 Å². The van der Waals surface area contributed by atoms with E-state index in [1.807, 2.05) is 24.3 Å². The van der Waals surface area contributed by atoms with Crippen molar-refractivity contribution in [1.82, 2.24) is 5.32 Å². The van der Waals surface area contributed by atoms with Crippen LogP contribution in [0.15, 0.2) is 24.3 Å². The van der Waals surface area contributed by atoms with Crippen molar-refractivity contribution in [3.05, 3.63) is 24.3 Å². The van der Waals surface area contributed by atoms with Crippen LogP contribution in [0.3, 0.4) is 0 Å². The quantitative estimate of drug-likeness (QED) is 0.781. The zero-order chi connectivity index (χ0) is 9.80.